The van der Waals surface area contributed by atoms with Crippen molar-refractivity contribution in [3.63, 3.8) is 0 Å². The Kier molecular flexibility index (Phi) is 6.47. The van der Waals surface area contributed by atoms with Crippen LogP contribution in [0.5, 0.6) is 0 Å². The van der Waals surface area contributed by atoms with Crippen LogP contribution in [0.25, 0.3) is 27.5 Å². The Morgan fingerprint density at radius 1 is 0.824 bits per heavy atom. The number of hydrogen-bond donors (Lipinski definition) is 3. The summed E-state index contributed by atoms with van der Waals surface area (Å²) < 4.78 is 0. The number of benzene rings is 3. The number of hydrogen-bond acceptors (Lipinski definition) is 4. The van der Waals surface area contributed by atoms with Gasteiger partial charge in [0.1, 0.15) is 0 Å². The number of aliphatic hydroxyl groups is 1. The Hall–Kier alpha value is -3.97. The Morgan fingerprint density at radius 3 is 2.15 bits per heavy atom. The minimum Gasteiger partial charge on any atom is -0.481 e. The monoisotopic (exact) mass is 459 g/mol. The van der Waals surface area contributed by atoms with Crippen molar-refractivity contribution in [2.45, 2.75) is 24.9 Å². The van der Waals surface area contributed by atoms with Crippen LogP contribution < -0.4 is 0 Å². The molecule has 0 fully saturated rings. The smallest absolute Gasteiger partial charge is 0.336 e. The lowest BCUT2D eigenvalue weighted by atomic mass is 9.93. The molecular weight excluding hydrogens is 434 g/mol. The molecule has 3 N–H and O–H groups in total. The second-order valence-electron chi connectivity index (χ2n) is 8.56. The number of aliphatic carboxylic acids is 2. The lowest BCUT2D eigenvalue weighted by Crippen LogP contribution is -2.47. The highest BCUT2D eigenvalue weighted by molar-refractivity contribution is 5.91. The van der Waals surface area contributed by atoms with Gasteiger partial charge in [-0.1, -0.05) is 66.7 Å². The van der Waals surface area contributed by atoms with E-state index in [-0.39, 0.29) is 6.54 Å². The van der Waals surface area contributed by atoms with Crippen LogP contribution in [0.15, 0.2) is 72.8 Å². The highest BCUT2D eigenvalue weighted by Gasteiger charge is 2.42. The van der Waals surface area contributed by atoms with E-state index in [1.165, 1.54) is 10.3 Å². The minimum atomic E-state index is -2.63. The maximum Gasteiger partial charge on any atom is 0.336 e. The maximum atomic E-state index is 12.7. The summed E-state index contributed by atoms with van der Waals surface area (Å²) in [4.78, 5) is 36.5. The van der Waals surface area contributed by atoms with Gasteiger partial charge in [0, 0.05) is 13.1 Å². The molecule has 0 spiro atoms. The molecule has 0 saturated carbocycles. The zero-order chi connectivity index (χ0) is 24.3. The van der Waals surface area contributed by atoms with Gasteiger partial charge in [-0.3, -0.25) is 9.59 Å². The molecule has 1 atom stereocenters. The number of carboxylic acid groups (broad SMARTS) is 2. The van der Waals surface area contributed by atoms with Gasteiger partial charge in [-0.15, -0.1) is 0 Å². The molecule has 0 bridgehead atoms. The molecule has 7 nitrogen and oxygen atoms in total. The van der Waals surface area contributed by atoms with Crippen LogP contribution in [-0.4, -0.2) is 56.8 Å². The van der Waals surface area contributed by atoms with Crippen LogP contribution in [0, 0.1) is 0 Å². The summed E-state index contributed by atoms with van der Waals surface area (Å²) in [5.41, 5.74) is 1.40. The summed E-state index contributed by atoms with van der Waals surface area (Å²) in [6.07, 6.45) is 0.789. The molecule has 7 heteroatoms. The average molecular weight is 459 g/mol. The van der Waals surface area contributed by atoms with Gasteiger partial charge >= 0.3 is 11.9 Å². The van der Waals surface area contributed by atoms with Gasteiger partial charge in [0.15, 0.2) is 5.60 Å². The number of carboxylic acids is 2. The highest BCUT2D eigenvalue weighted by Crippen LogP contribution is 2.28. The molecule has 0 radical (unpaired) electrons. The van der Waals surface area contributed by atoms with E-state index in [9.17, 15) is 24.6 Å². The first-order chi connectivity index (χ1) is 16.2. The molecule has 0 saturated heterocycles. The third-order valence-corrected chi connectivity index (χ3v) is 6.13. The first-order valence-corrected chi connectivity index (χ1v) is 11.0. The first kappa shape index (κ1) is 23.2. The standard InChI is InChI=1S/C27H25NO6/c29-24(15-27(34,26(32)33)16-25(30)31)28-13-3-6-23(17-28)20-9-7-19(8-10-20)22-12-11-18-4-1-2-5-21(18)14-22/h1-2,4-12,14,34H,3,13,15-17H2,(H,30,31)(H,32,33). The Bertz CT molecular complexity index is 1280. The van der Waals surface area contributed by atoms with E-state index in [1.54, 1.807) is 0 Å². The first-order valence-electron chi connectivity index (χ1n) is 11.0. The fourth-order valence-corrected chi connectivity index (χ4v) is 4.24. The van der Waals surface area contributed by atoms with Gasteiger partial charge in [0.2, 0.25) is 5.91 Å². The van der Waals surface area contributed by atoms with Crippen LogP contribution in [0.3, 0.4) is 0 Å². The Morgan fingerprint density at radius 2 is 1.47 bits per heavy atom. The van der Waals surface area contributed by atoms with Crippen LogP contribution in [-0.2, 0) is 14.4 Å². The number of carbonyl (C=O) groups is 3. The SMILES string of the molecule is O=C(O)CC(O)(CC(=O)N1CCC=C(c2ccc(-c3ccc4ccccc4c3)cc2)C1)C(=O)O. The Labute approximate surface area is 196 Å². The molecule has 1 aliphatic heterocycles. The third-order valence-electron chi connectivity index (χ3n) is 6.13. The number of carbonyl (C=O) groups excluding carboxylic acids is 1. The molecule has 34 heavy (non-hydrogen) atoms. The summed E-state index contributed by atoms with van der Waals surface area (Å²) in [5.74, 6) is -3.80. The normalized spacial score (nSPS) is 15.4. The zero-order valence-corrected chi connectivity index (χ0v) is 18.5. The average Bonchev–Trinajstić information content (AvgIpc) is 2.83. The van der Waals surface area contributed by atoms with Gasteiger partial charge < -0.3 is 20.2 Å². The van der Waals surface area contributed by atoms with Gasteiger partial charge in [-0.2, -0.15) is 0 Å². The minimum absolute atomic E-state index is 0.261. The summed E-state index contributed by atoms with van der Waals surface area (Å²) in [6.45, 7) is 0.636. The molecule has 0 aromatic heterocycles. The maximum absolute atomic E-state index is 12.7. The van der Waals surface area contributed by atoms with Gasteiger partial charge in [-0.05, 0) is 45.5 Å². The molecule has 0 aliphatic carbocycles. The number of amides is 1. The second-order valence-corrected chi connectivity index (χ2v) is 8.56. The van der Waals surface area contributed by atoms with Crippen LogP contribution in [0.2, 0.25) is 0 Å². The van der Waals surface area contributed by atoms with Crippen LogP contribution in [0.4, 0.5) is 0 Å². The largest absolute Gasteiger partial charge is 0.481 e. The van der Waals surface area contributed by atoms with Gasteiger partial charge in [-0.25, -0.2) is 4.79 Å². The van der Waals surface area contributed by atoms with E-state index >= 15 is 0 Å². The van der Waals surface area contributed by atoms with Gasteiger partial charge in [0.25, 0.3) is 0 Å². The summed E-state index contributed by atoms with van der Waals surface area (Å²) in [6, 6.07) is 22.5. The van der Waals surface area contributed by atoms with Gasteiger partial charge in [0.05, 0.1) is 12.8 Å². The molecule has 1 heterocycles. The molecule has 1 unspecified atom stereocenters. The molecular formula is C27H25NO6. The van der Waals surface area contributed by atoms with E-state index in [2.05, 4.69) is 30.3 Å². The molecule has 4 rings (SSSR count). The highest BCUT2D eigenvalue weighted by atomic mass is 16.4. The quantitative estimate of drug-likeness (QED) is 0.495. The van der Waals surface area contributed by atoms with Crippen molar-refractivity contribution in [3.05, 3.63) is 78.4 Å². The molecule has 3 aromatic rings. The number of nitrogens with zero attached hydrogens (tertiary/aromatic N) is 1. The van der Waals surface area contributed by atoms with E-state index < -0.39 is 36.3 Å². The lowest BCUT2D eigenvalue weighted by molar-refractivity contribution is -0.169. The third kappa shape index (κ3) is 5.00. The van der Waals surface area contributed by atoms with E-state index in [0.717, 1.165) is 27.6 Å². The predicted octanol–water partition coefficient (Wildman–Crippen LogP) is 3.80. The fourth-order valence-electron chi connectivity index (χ4n) is 4.24. The fraction of sp³-hybridized carbons (Fsp3) is 0.222. The summed E-state index contributed by atoms with van der Waals surface area (Å²) in [7, 11) is 0. The van der Waals surface area contributed by atoms with Crippen molar-refractivity contribution in [2.24, 2.45) is 0 Å². The predicted molar refractivity (Wildman–Crippen MR) is 128 cm³/mol. The molecule has 174 valence electrons. The number of fused-ring (bicyclic) bond motifs is 1. The molecule has 1 aliphatic rings. The van der Waals surface area contributed by atoms with Crippen molar-refractivity contribution >= 4 is 34.2 Å². The second kappa shape index (κ2) is 9.49. The van der Waals surface area contributed by atoms with Crippen LogP contribution in [0.1, 0.15) is 24.8 Å². The molecule has 3 aromatic carbocycles. The van der Waals surface area contributed by atoms with E-state index in [4.69, 9.17) is 5.11 Å². The topological polar surface area (TPSA) is 115 Å². The summed E-state index contributed by atoms with van der Waals surface area (Å²) >= 11 is 0. The van der Waals surface area contributed by atoms with Crippen molar-refractivity contribution in [1.29, 1.82) is 0 Å². The lowest BCUT2D eigenvalue weighted by Gasteiger charge is -2.30. The van der Waals surface area contributed by atoms with Crippen LogP contribution >= 0.6 is 0 Å². The summed E-state index contributed by atoms with van der Waals surface area (Å²) in [5, 5.41) is 30.7. The molecule has 1 amide bonds. The van der Waals surface area contributed by atoms with E-state index in [1.807, 2.05) is 42.5 Å². The van der Waals surface area contributed by atoms with Crippen molar-refractivity contribution < 1.29 is 29.7 Å². The van der Waals surface area contributed by atoms with Crippen molar-refractivity contribution in [3.8, 4) is 11.1 Å². The van der Waals surface area contributed by atoms with Crippen molar-refractivity contribution in [1.82, 2.24) is 4.90 Å². The Balaban J connectivity index is 1.47. The number of rotatable bonds is 7. The zero-order valence-electron chi connectivity index (χ0n) is 18.5. The van der Waals surface area contributed by atoms with E-state index in [0.29, 0.717) is 13.0 Å². The van der Waals surface area contributed by atoms with Crippen molar-refractivity contribution in [2.75, 3.05) is 13.1 Å².